The summed E-state index contributed by atoms with van der Waals surface area (Å²) >= 11 is 0. The molecule has 4 nitrogen and oxygen atoms in total. The molecule has 0 saturated carbocycles. The summed E-state index contributed by atoms with van der Waals surface area (Å²) in [5, 5.41) is 18.2. The van der Waals surface area contributed by atoms with Crippen LogP contribution in [0, 0.1) is 0 Å². The maximum absolute atomic E-state index is 9.34. The molecule has 1 saturated heterocycles. The Morgan fingerprint density at radius 2 is 2.27 bits per heavy atom. The molecule has 4 N–H and O–H groups in total. The molecule has 66 valence electrons. The molecule has 1 aliphatic rings. The number of nitrogens with two attached hydrogens (primary N) is 1. The maximum Gasteiger partial charge on any atom is 0.0729 e. The topological polar surface area (TPSA) is 69.7 Å². The number of aliphatic hydroxyl groups excluding tert-OH is 2. The molecule has 1 aliphatic heterocycles. The molecule has 1 rings (SSSR count). The van der Waals surface area contributed by atoms with Crippen LogP contribution in [0.4, 0.5) is 0 Å². The largest absolute Gasteiger partial charge is 0.395 e. The summed E-state index contributed by atoms with van der Waals surface area (Å²) in [4.78, 5) is 2.03. The summed E-state index contributed by atoms with van der Waals surface area (Å²) in [5.74, 6) is 0. The Kier molecular flexibility index (Phi) is 3.26. The average Bonchev–Trinajstić information content (AvgIpc) is 2.33. The van der Waals surface area contributed by atoms with Crippen molar-refractivity contribution in [3.8, 4) is 0 Å². The zero-order valence-electron chi connectivity index (χ0n) is 6.61. The number of rotatable bonds is 3. The van der Waals surface area contributed by atoms with E-state index in [1.54, 1.807) is 0 Å². The van der Waals surface area contributed by atoms with Crippen LogP contribution in [0.25, 0.3) is 0 Å². The first-order valence-corrected chi connectivity index (χ1v) is 4.02. The number of nitrogens with zero attached hydrogens (tertiary/aromatic N) is 1. The predicted octanol–water partition coefficient (Wildman–Crippen LogP) is -1.63. The van der Waals surface area contributed by atoms with Crippen LogP contribution in [0.15, 0.2) is 0 Å². The minimum Gasteiger partial charge on any atom is -0.395 e. The molecule has 4 heteroatoms. The third kappa shape index (κ3) is 1.90. The maximum atomic E-state index is 9.34. The Morgan fingerprint density at radius 3 is 2.82 bits per heavy atom. The molecule has 0 aromatic rings. The molecule has 0 amide bonds. The highest BCUT2D eigenvalue weighted by atomic mass is 16.3. The van der Waals surface area contributed by atoms with Gasteiger partial charge in [-0.2, -0.15) is 0 Å². The molecule has 0 aromatic heterocycles. The van der Waals surface area contributed by atoms with Gasteiger partial charge in [0.05, 0.1) is 18.8 Å². The van der Waals surface area contributed by atoms with Crippen LogP contribution in [0.1, 0.15) is 6.42 Å². The average molecular weight is 160 g/mol. The highest BCUT2D eigenvalue weighted by Gasteiger charge is 2.31. The fourth-order valence-corrected chi connectivity index (χ4v) is 1.58. The predicted molar refractivity (Wildman–Crippen MR) is 42.1 cm³/mol. The van der Waals surface area contributed by atoms with Crippen molar-refractivity contribution in [3.05, 3.63) is 0 Å². The summed E-state index contributed by atoms with van der Waals surface area (Å²) in [6.07, 6.45) is 0.386. The van der Waals surface area contributed by atoms with Gasteiger partial charge in [0.2, 0.25) is 0 Å². The summed E-state index contributed by atoms with van der Waals surface area (Å²) < 4.78 is 0. The van der Waals surface area contributed by atoms with Crippen LogP contribution >= 0.6 is 0 Å². The monoisotopic (exact) mass is 160 g/mol. The van der Waals surface area contributed by atoms with Gasteiger partial charge < -0.3 is 15.9 Å². The molecule has 0 radical (unpaired) electrons. The van der Waals surface area contributed by atoms with Gasteiger partial charge in [0, 0.05) is 19.6 Å². The fourth-order valence-electron chi connectivity index (χ4n) is 1.58. The van der Waals surface area contributed by atoms with Gasteiger partial charge in [-0.05, 0) is 6.42 Å². The van der Waals surface area contributed by atoms with Crippen LogP contribution in [0.5, 0.6) is 0 Å². The lowest BCUT2D eigenvalue weighted by atomic mass is 10.2. The van der Waals surface area contributed by atoms with Gasteiger partial charge in [0.1, 0.15) is 0 Å². The number of likely N-dealkylation sites (tertiary alicyclic amines) is 1. The molecule has 1 heterocycles. The van der Waals surface area contributed by atoms with Crippen LogP contribution in [0.3, 0.4) is 0 Å². The Balaban J connectivity index is 2.40. The van der Waals surface area contributed by atoms with Crippen molar-refractivity contribution in [2.75, 3.05) is 26.2 Å². The van der Waals surface area contributed by atoms with Crippen molar-refractivity contribution >= 4 is 0 Å². The van der Waals surface area contributed by atoms with E-state index < -0.39 is 0 Å². The van der Waals surface area contributed by atoms with Crippen LogP contribution in [0.2, 0.25) is 0 Å². The first-order valence-electron chi connectivity index (χ1n) is 4.02. The van der Waals surface area contributed by atoms with E-state index in [2.05, 4.69) is 0 Å². The minimum absolute atomic E-state index is 0.0289. The van der Waals surface area contributed by atoms with Gasteiger partial charge in [-0.3, -0.25) is 4.90 Å². The quantitative estimate of drug-likeness (QED) is 0.464. The Morgan fingerprint density at radius 1 is 1.55 bits per heavy atom. The van der Waals surface area contributed by atoms with Crippen molar-refractivity contribution in [3.63, 3.8) is 0 Å². The summed E-state index contributed by atoms with van der Waals surface area (Å²) in [5.41, 5.74) is 5.37. The molecule has 1 fully saturated rings. The Hall–Kier alpha value is -0.160. The summed E-state index contributed by atoms with van der Waals surface area (Å²) in [6.45, 7) is 2.23. The standard InChI is InChI=1S/C7H16N2O2/c8-2-4-9-3-1-7(11)6(9)5-10/h6-7,10-11H,1-5,8H2/t6-,7-/m1/s1. The number of hydrogen-bond donors (Lipinski definition) is 3. The lowest BCUT2D eigenvalue weighted by Crippen LogP contribution is -2.40. The Labute approximate surface area is 66.6 Å². The molecule has 0 spiro atoms. The van der Waals surface area contributed by atoms with Gasteiger partial charge >= 0.3 is 0 Å². The van der Waals surface area contributed by atoms with Crippen LogP contribution in [-0.4, -0.2) is 53.5 Å². The third-order valence-electron chi connectivity index (χ3n) is 2.23. The van der Waals surface area contributed by atoms with E-state index in [1.165, 1.54) is 0 Å². The van der Waals surface area contributed by atoms with Crippen molar-refractivity contribution in [2.45, 2.75) is 18.6 Å². The zero-order chi connectivity index (χ0) is 8.27. The lowest BCUT2D eigenvalue weighted by molar-refractivity contribution is 0.0728. The van der Waals surface area contributed by atoms with Crippen molar-refractivity contribution < 1.29 is 10.2 Å². The fraction of sp³-hybridized carbons (Fsp3) is 1.00. The van der Waals surface area contributed by atoms with Gasteiger partial charge in [0.15, 0.2) is 0 Å². The SMILES string of the molecule is NCCN1CC[C@@H](O)[C@H]1CO. The van der Waals surface area contributed by atoms with E-state index in [0.717, 1.165) is 19.5 Å². The van der Waals surface area contributed by atoms with Gasteiger partial charge in [0.25, 0.3) is 0 Å². The van der Waals surface area contributed by atoms with Gasteiger partial charge in [-0.25, -0.2) is 0 Å². The second kappa shape index (κ2) is 4.01. The van der Waals surface area contributed by atoms with Crippen molar-refractivity contribution in [1.29, 1.82) is 0 Å². The first-order chi connectivity index (χ1) is 5.29. The number of aliphatic hydroxyl groups is 2. The number of hydrogen-bond acceptors (Lipinski definition) is 4. The van der Waals surface area contributed by atoms with Crippen LogP contribution < -0.4 is 5.73 Å². The van der Waals surface area contributed by atoms with Crippen molar-refractivity contribution in [2.24, 2.45) is 5.73 Å². The minimum atomic E-state index is -0.369. The van der Waals surface area contributed by atoms with Crippen molar-refractivity contribution in [1.82, 2.24) is 4.90 Å². The van der Waals surface area contributed by atoms with E-state index in [0.29, 0.717) is 6.54 Å². The zero-order valence-corrected chi connectivity index (χ0v) is 6.61. The third-order valence-corrected chi connectivity index (χ3v) is 2.23. The molecule has 11 heavy (non-hydrogen) atoms. The van der Waals surface area contributed by atoms with Crippen LogP contribution in [-0.2, 0) is 0 Å². The summed E-state index contributed by atoms with van der Waals surface area (Å²) in [6, 6.07) is -0.0847. The van der Waals surface area contributed by atoms with E-state index >= 15 is 0 Å². The molecule has 0 bridgehead atoms. The molecule has 2 atom stereocenters. The second-order valence-electron chi connectivity index (χ2n) is 2.93. The van der Waals surface area contributed by atoms with E-state index in [-0.39, 0.29) is 18.8 Å². The van der Waals surface area contributed by atoms with Gasteiger partial charge in [-0.1, -0.05) is 0 Å². The highest BCUT2D eigenvalue weighted by Crippen LogP contribution is 2.16. The highest BCUT2D eigenvalue weighted by molar-refractivity contribution is 4.86. The van der Waals surface area contributed by atoms with E-state index in [1.807, 2.05) is 4.90 Å². The molecular weight excluding hydrogens is 144 g/mol. The molecule has 0 unspecified atom stereocenters. The first kappa shape index (κ1) is 8.93. The van der Waals surface area contributed by atoms with E-state index in [9.17, 15) is 5.11 Å². The summed E-state index contributed by atoms with van der Waals surface area (Å²) in [7, 11) is 0. The molecule has 0 aromatic carbocycles. The van der Waals surface area contributed by atoms with Gasteiger partial charge in [-0.15, -0.1) is 0 Å². The van der Waals surface area contributed by atoms with E-state index in [4.69, 9.17) is 10.8 Å². The smallest absolute Gasteiger partial charge is 0.0729 e. The lowest BCUT2D eigenvalue weighted by Gasteiger charge is -2.23. The Bertz CT molecular complexity index is 119. The normalized spacial score (nSPS) is 33.0. The molecular formula is C7H16N2O2. The second-order valence-corrected chi connectivity index (χ2v) is 2.93. The molecule has 0 aliphatic carbocycles.